The maximum absolute atomic E-state index is 9.25. The van der Waals surface area contributed by atoms with Crippen molar-refractivity contribution in [2.24, 2.45) is 16.6 Å². The zero-order chi connectivity index (χ0) is 18.9. The van der Waals surface area contributed by atoms with Crippen molar-refractivity contribution in [1.29, 1.82) is 0 Å². The third-order valence-corrected chi connectivity index (χ3v) is 5.17. The Morgan fingerprint density at radius 3 is 2.36 bits per heavy atom. The van der Waals surface area contributed by atoms with Crippen LogP contribution in [0, 0.1) is 5.92 Å². The fourth-order valence-electron chi connectivity index (χ4n) is 3.40. The van der Waals surface area contributed by atoms with E-state index in [0.717, 1.165) is 44.5 Å². The second kappa shape index (κ2) is 11.9. The normalized spacial score (nSPS) is 15.2. The summed E-state index contributed by atoms with van der Waals surface area (Å²) >= 11 is 0. The van der Waals surface area contributed by atoms with Gasteiger partial charge in [0.25, 0.3) is 0 Å². The van der Waals surface area contributed by atoms with Gasteiger partial charge in [-0.15, -0.1) is 24.0 Å². The highest BCUT2D eigenvalue weighted by Crippen LogP contribution is 2.23. The number of rotatable bonds is 7. The summed E-state index contributed by atoms with van der Waals surface area (Å²) in [6.45, 7) is 3.70. The number of piperidine rings is 1. The summed E-state index contributed by atoms with van der Waals surface area (Å²) < 4.78 is 0. The van der Waals surface area contributed by atoms with E-state index in [4.69, 9.17) is 5.73 Å². The van der Waals surface area contributed by atoms with E-state index in [0.29, 0.717) is 25.0 Å². The van der Waals surface area contributed by atoms with Gasteiger partial charge in [-0.1, -0.05) is 42.5 Å². The van der Waals surface area contributed by atoms with Crippen molar-refractivity contribution in [2.75, 3.05) is 31.1 Å². The summed E-state index contributed by atoms with van der Waals surface area (Å²) in [5, 5.41) is 12.4. The molecule has 0 radical (unpaired) electrons. The third kappa shape index (κ3) is 6.98. The number of nitrogens with two attached hydrogens (primary N) is 1. The number of aliphatic imine (C=N–C) groups is 1. The highest BCUT2D eigenvalue weighted by molar-refractivity contribution is 14.0. The van der Waals surface area contributed by atoms with Crippen molar-refractivity contribution in [2.45, 2.75) is 25.8 Å². The topological polar surface area (TPSA) is 73.9 Å². The lowest BCUT2D eigenvalue weighted by atomic mass is 9.97. The SMILES string of the molecule is I.NC(=NCc1ccc(N2CCC(CO)CC2)cc1)NCCc1ccccc1. The summed E-state index contributed by atoms with van der Waals surface area (Å²) in [5.41, 5.74) is 9.65. The van der Waals surface area contributed by atoms with Crippen LogP contribution in [0.15, 0.2) is 59.6 Å². The quantitative estimate of drug-likeness (QED) is 0.314. The molecule has 0 unspecified atom stereocenters. The minimum absolute atomic E-state index is 0. The number of nitrogens with zero attached hydrogens (tertiary/aromatic N) is 2. The molecular weight excluding hydrogens is 463 g/mol. The van der Waals surface area contributed by atoms with Gasteiger partial charge in [0.1, 0.15) is 0 Å². The number of hydrogen-bond donors (Lipinski definition) is 3. The molecule has 0 bridgehead atoms. The molecule has 2 aromatic rings. The molecule has 1 saturated heterocycles. The lowest BCUT2D eigenvalue weighted by Crippen LogP contribution is -2.34. The van der Waals surface area contributed by atoms with E-state index in [9.17, 15) is 5.11 Å². The molecule has 1 aliphatic rings. The van der Waals surface area contributed by atoms with Crippen LogP contribution < -0.4 is 16.0 Å². The van der Waals surface area contributed by atoms with Crippen LogP contribution in [-0.2, 0) is 13.0 Å². The molecule has 1 fully saturated rings. The van der Waals surface area contributed by atoms with Gasteiger partial charge in [0.2, 0.25) is 0 Å². The Hall–Kier alpha value is -1.80. The number of hydrogen-bond acceptors (Lipinski definition) is 3. The van der Waals surface area contributed by atoms with E-state index in [1.54, 1.807) is 0 Å². The van der Waals surface area contributed by atoms with E-state index in [1.165, 1.54) is 11.3 Å². The van der Waals surface area contributed by atoms with E-state index in [1.807, 2.05) is 18.2 Å². The van der Waals surface area contributed by atoms with Crippen LogP contribution in [0.5, 0.6) is 0 Å². The van der Waals surface area contributed by atoms with Gasteiger partial charge in [-0.05, 0) is 48.4 Å². The van der Waals surface area contributed by atoms with Gasteiger partial charge < -0.3 is 21.1 Å². The fourth-order valence-corrected chi connectivity index (χ4v) is 3.40. The maximum Gasteiger partial charge on any atom is 0.188 e. The number of aliphatic hydroxyl groups excluding tert-OH is 1. The first-order chi connectivity index (χ1) is 13.2. The molecule has 0 spiro atoms. The van der Waals surface area contributed by atoms with Crippen molar-refractivity contribution in [3.8, 4) is 0 Å². The number of halogens is 1. The molecule has 0 aliphatic carbocycles. The number of anilines is 1. The highest BCUT2D eigenvalue weighted by Gasteiger charge is 2.18. The molecule has 3 rings (SSSR count). The summed E-state index contributed by atoms with van der Waals surface area (Å²) in [6.07, 6.45) is 3.06. The summed E-state index contributed by atoms with van der Waals surface area (Å²) in [6, 6.07) is 18.9. The molecule has 2 aromatic carbocycles. The average Bonchev–Trinajstić information content (AvgIpc) is 2.73. The monoisotopic (exact) mass is 494 g/mol. The summed E-state index contributed by atoms with van der Waals surface area (Å²) in [5.74, 6) is 0.952. The second-order valence-electron chi connectivity index (χ2n) is 7.14. The molecule has 152 valence electrons. The van der Waals surface area contributed by atoms with Gasteiger partial charge >= 0.3 is 0 Å². The summed E-state index contributed by atoms with van der Waals surface area (Å²) in [4.78, 5) is 6.82. The molecule has 5 nitrogen and oxygen atoms in total. The average molecular weight is 494 g/mol. The maximum atomic E-state index is 9.25. The van der Waals surface area contributed by atoms with Gasteiger partial charge in [0.05, 0.1) is 6.54 Å². The minimum atomic E-state index is 0. The fraction of sp³-hybridized carbons (Fsp3) is 0.409. The van der Waals surface area contributed by atoms with E-state index >= 15 is 0 Å². The zero-order valence-corrected chi connectivity index (χ0v) is 18.6. The van der Waals surface area contributed by atoms with Crippen LogP contribution in [0.3, 0.4) is 0 Å². The van der Waals surface area contributed by atoms with Crippen molar-refractivity contribution >= 4 is 35.6 Å². The van der Waals surface area contributed by atoms with Crippen LogP contribution in [0.1, 0.15) is 24.0 Å². The first kappa shape index (κ1) is 22.5. The molecule has 6 heteroatoms. The van der Waals surface area contributed by atoms with Crippen LogP contribution in [-0.4, -0.2) is 37.3 Å². The summed E-state index contributed by atoms with van der Waals surface area (Å²) in [7, 11) is 0. The Morgan fingerprint density at radius 1 is 1.04 bits per heavy atom. The molecular formula is C22H31IN4O. The number of nitrogens with one attached hydrogen (secondary N) is 1. The first-order valence-electron chi connectivity index (χ1n) is 9.77. The van der Waals surface area contributed by atoms with Crippen molar-refractivity contribution in [3.05, 3.63) is 65.7 Å². The Kier molecular flexibility index (Phi) is 9.57. The molecule has 28 heavy (non-hydrogen) atoms. The van der Waals surface area contributed by atoms with Crippen molar-refractivity contribution in [3.63, 3.8) is 0 Å². The van der Waals surface area contributed by atoms with E-state index < -0.39 is 0 Å². The standard InChI is InChI=1S/C22H30N4O.HI/c23-22(24-13-10-18-4-2-1-3-5-18)25-16-19-6-8-21(9-7-19)26-14-11-20(17-27)12-15-26;/h1-9,20,27H,10-17H2,(H3,23,24,25);1H. The second-order valence-corrected chi connectivity index (χ2v) is 7.14. The van der Waals surface area contributed by atoms with Gasteiger partial charge in [-0.25, -0.2) is 4.99 Å². The number of benzene rings is 2. The highest BCUT2D eigenvalue weighted by atomic mass is 127. The predicted octanol–water partition coefficient (Wildman–Crippen LogP) is 3.16. The number of aliphatic hydroxyl groups is 1. The molecule has 0 atom stereocenters. The molecule has 0 saturated carbocycles. The lowest BCUT2D eigenvalue weighted by molar-refractivity contribution is 0.203. The number of guanidine groups is 1. The van der Waals surface area contributed by atoms with Crippen LogP contribution in [0.25, 0.3) is 0 Å². The van der Waals surface area contributed by atoms with Crippen molar-refractivity contribution in [1.82, 2.24) is 5.32 Å². The Bertz CT molecular complexity index is 713. The Morgan fingerprint density at radius 2 is 1.71 bits per heavy atom. The van der Waals surface area contributed by atoms with Crippen LogP contribution >= 0.6 is 24.0 Å². The molecule has 0 amide bonds. The van der Waals surface area contributed by atoms with Crippen LogP contribution in [0.2, 0.25) is 0 Å². The minimum Gasteiger partial charge on any atom is -0.396 e. The largest absolute Gasteiger partial charge is 0.396 e. The van der Waals surface area contributed by atoms with Gasteiger partial charge in [0.15, 0.2) is 5.96 Å². The van der Waals surface area contributed by atoms with Gasteiger partial charge in [-0.2, -0.15) is 0 Å². The Labute approximate surface area is 185 Å². The van der Waals surface area contributed by atoms with Gasteiger partial charge in [-0.3, -0.25) is 0 Å². The van der Waals surface area contributed by atoms with E-state index in [-0.39, 0.29) is 24.0 Å². The molecule has 0 aromatic heterocycles. The smallest absolute Gasteiger partial charge is 0.188 e. The van der Waals surface area contributed by atoms with E-state index in [2.05, 4.69) is 51.6 Å². The zero-order valence-electron chi connectivity index (χ0n) is 16.3. The van der Waals surface area contributed by atoms with Crippen molar-refractivity contribution < 1.29 is 5.11 Å². The predicted molar refractivity (Wildman–Crippen MR) is 127 cm³/mol. The molecule has 1 aliphatic heterocycles. The molecule has 4 N–H and O–H groups in total. The molecule has 1 heterocycles. The third-order valence-electron chi connectivity index (χ3n) is 5.17. The first-order valence-corrected chi connectivity index (χ1v) is 9.77. The van der Waals surface area contributed by atoms with Crippen LogP contribution in [0.4, 0.5) is 5.69 Å². The lowest BCUT2D eigenvalue weighted by Gasteiger charge is -2.32. The van der Waals surface area contributed by atoms with Gasteiger partial charge in [0, 0.05) is 31.9 Å². The Balaban J connectivity index is 0.00000280.